The lowest BCUT2D eigenvalue weighted by molar-refractivity contribution is 0.0732. The maximum Gasteiger partial charge on any atom is 0.254 e. The molecule has 3 nitrogen and oxygen atoms in total. The van der Waals surface area contributed by atoms with Gasteiger partial charge in [-0.3, -0.25) is 9.78 Å². The first-order valence-electron chi connectivity index (χ1n) is 10.00. The van der Waals surface area contributed by atoms with Gasteiger partial charge in [0.15, 0.2) is 0 Å². The summed E-state index contributed by atoms with van der Waals surface area (Å²) in [4.78, 5) is 19.8. The van der Waals surface area contributed by atoms with E-state index in [1.807, 2.05) is 42.2 Å². The number of hydrogen-bond acceptors (Lipinski definition) is 2. The minimum atomic E-state index is 0.0585. The third kappa shape index (κ3) is 3.84. The number of likely N-dealkylation sites (tertiary alicyclic amines) is 1. The summed E-state index contributed by atoms with van der Waals surface area (Å²) < 4.78 is 0. The molecule has 142 valence electrons. The molecule has 1 fully saturated rings. The van der Waals surface area contributed by atoms with Gasteiger partial charge in [0.1, 0.15) is 0 Å². The molecule has 28 heavy (non-hydrogen) atoms. The van der Waals surface area contributed by atoms with Crippen LogP contribution in [0.1, 0.15) is 57.3 Å². The van der Waals surface area contributed by atoms with Crippen LogP contribution in [0, 0.1) is 13.8 Å². The van der Waals surface area contributed by atoms with Crippen LogP contribution in [0.25, 0.3) is 0 Å². The van der Waals surface area contributed by atoms with E-state index < -0.39 is 0 Å². The van der Waals surface area contributed by atoms with Crippen LogP contribution in [0.4, 0.5) is 0 Å². The van der Waals surface area contributed by atoms with Crippen molar-refractivity contribution in [3.8, 4) is 0 Å². The molecule has 1 aromatic heterocycles. The van der Waals surface area contributed by atoms with E-state index in [0.29, 0.717) is 0 Å². The molecule has 1 aliphatic heterocycles. The molecule has 2 heterocycles. The molecule has 0 aliphatic carbocycles. The molecule has 0 spiro atoms. The highest BCUT2D eigenvalue weighted by Crippen LogP contribution is 2.33. The number of benzene rings is 2. The lowest BCUT2D eigenvalue weighted by Crippen LogP contribution is -2.31. The zero-order valence-electron chi connectivity index (χ0n) is 16.6. The van der Waals surface area contributed by atoms with E-state index in [1.54, 1.807) is 0 Å². The Morgan fingerprint density at radius 1 is 1.04 bits per heavy atom. The highest BCUT2D eigenvalue weighted by Gasteiger charge is 2.31. The van der Waals surface area contributed by atoms with E-state index in [1.165, 1.54) is 16.7 Å². The predicted molar refractivity (Wildman–Crippen MR) is 112 cm³/mol. The van der Waals surface area contributed by atoms with Gasteiger partial charge in [0.05, 0.1) is 11.7 Å². The van der Waals surface area contributed by atoms with E-state index >= 15 is 0 Å². The summed E-state index contributed by atoms with van der Waals surface area (Å²) >= 11 is 0. The van der Waals surface area contributed by atoms with E-state index in [0.717, 1.165) is 42.8 Å². The normalized spacial score (nSPS) is 16.4. The third-order valence-electron chi connectivity index (χ3n) is 5.56. The number of aromatic nitrogens is 1. The quantitative estimate of drug-likeness (QED) is 0.627. The Kier molecular flexibility index (Phi) is 5.25. The fraction of sp³-hybridized carbons (Fsp3) is 0.280. The molecule has 0 radical (unpaired) electrons. The summed E-state index contributed by atoms with van der Waals surface area (Å²) in [5, 5.41) is 0. The maximum atomic E-state index is 13.0. The molecule has 0 bridgehead atoms. The molecular weight excluding hydrogens is 344 g/mol. The fourth-order valence-corrected chi connectivity index (χ4v) is 4.13. The summed E-state index contributed by atoms with van der Waals surface area (Å²) in [6.07, 6.45) is 2.88. The van der Waals surface area contributed by atoms with Gasteiger partial charge in [-0.15, -0.1) is 0 Å². The number of rotatable bonds is 4. The number of aryl methyl sites for hydroxylation is 2. The molecule has 3 heteroatoms. The van der Waals surface area contributed by atoms with Crippen molar-refractivity contribution in [2.75, 3.05) is 6.54 Å². The van der Waals surface area contributed by atoms with Gasteiger partial charge in [-0.25, -0.2) is 0 Å². The molecule has 1 amide bonds. The first-order valence-corrected chi connectivity index (χ1v) is 10.00. The second-order valence-corrected chi connectivity index (χ2v) is 7.67. The number of pyridine rings is 1. The molecular formula is C25H26N2O. The Bertz CT molecular complexity index is 981. The van der Waals surface area contributed by atoms with E-state index in [-0.39, 0.29) is 11.9 Å². The van der Waals surface area contributed by atoms with Crippen molar-refractivity contribution < 1.29 is 4.79 Å². The largest absolute Gasteiger partial charge is 0.330 e. The summed E-state index contributed by atoms with van der Waals surface area (Å²) in [5.41, 5.74) is 6.69. The minimum Gasteiger partial charge on any atom is -0.330 e. The molecule has 3 aromatic rings. The molecule has 1 saturated heterocycles. The molecule has 1 aliphatic rings. The van der Waals surface area contributed by atoms with Gasteiger partial charge in [-0.05, 0) is 74.1 Å². The predicted octanol–water partition coefficient (Wildman–Crippen LogP) is 5.27. The van der Waals surface area contributed by atoms with Crippen LogP contribution in [0.3, 0.4) is 0 Å². The van der Waals surface area contributed by atoms with Crippen LogP contribution in [0.5, 0.6) is 0 Å². The Labute approximate surface area is 167 Å². The fourth-order valence-electron chi connectivity index (χ4n) is 4.13. The summed E-state index contributed by atoms with van der Waals surface area (Å²) in [6, 6.07) is 22.5. The highest BCUT2D eigenvalue weighted by atomic mass is 16.2. The number of carbonyl (C=O) groups is 1. The van der Waals surface area contributed by atoms with Crippen LogP contribution in [0.2, 0.25) is 0 Å². The monoisotopic (exact) mass is 370 g/mol. The zero-order chi connectivity index (χ0) is 19.5. The topological polar surface area (TPSA) is 33.2 Å². The number of nitrogens with zero attached hydrogens (tertiary/aromatic N) is 2. The first kappa shape index (κ1) is 18.4. The van der Waals surface area contributed by atoms with Crippen LogP contribution in [0.15, 0.2) is 66.7 Å². The van der Waals surface area contributed by atoms with Gasteiger partial charge in [-0.2, -0.15) is 0 Å². The second kappa shape index (κ2) is 7.97. The Hall–Kier alpha value is -2.94. The smallest absolute Gasteiger partial charge is 0.254 e. The molecule has 2 aromatic carbocycles. The summed E-state index contributed by atoms with van der Waals surface area (Å²) in [6.45, 7) is 4.99. The van der Waals surface area contributed by atoms with E-state index in [9.17, 15) is 4.79 Å². The van der Waals surface area contributed by atoms with Crippen LogP contribution in [-0.4, -0.2) is 22.3 Å². The Balaban J connectivity index is 1.62. The van der Waals surface area contributed by atoms with Crippen molar-refractivity contribution in [1.29, 1.82) is 0 Å². The number of amides is 1. The van der Waals surface area contributed by atoms with Gasteiger partial charge in [-0.1, -0.05) is 42.5 Å². The zero-order valence-corrected chi connectivity index (χ0v) is 16.6. The minimum absolute atomic E-state index is 0.0585. The van der Waals surface area contributed by atoms with E-state index in [2.05, 4.69) is 43.3 Å². The lowest BCUT2D eigenvalue weighted by Gasteiger charge is -2.25. The standard InChI is InChI=1S/C25H26N2O/c1-18-9-6-7-12-22(18)16-20-15-19(2)26-23(17-20)24-13-8-14-27(24)25(28)21-10-4-3-5-11-21/h3-7,9-12,15,17,24H,8,13-14,16H2,1-2H3/t24-/m1/s1. The van der Waals surface area contributed by atoms with Crippen molar-refractivity contribution in [2.24, 2.45) is 0 Å². The Morgan fingerprint density at radius 2 is 1.79 bits per heavy atom. The average molecular weight is 370 g/mol. The lowest BCUT2D eigenvalue weighted by atomic mass is 9.98. The highest BCUT2D eigenvalue weighted by molar-refractivity contribution is 5.94. The molecule has 4 rings (SSSR count). The summed E-state index contributed by atoms with van der Waals surface area (Å²) in [5.74, 6) is 0.104. The van der Waals surface area contributed by atoms with Crippen molar-refractivity contribution >= 4 is 5.91 Å². The molecule has 1 atom stereocenters. The maximum absolute atomic E-state index is 13.0. The third-order valence-corrected chi connectivity index (χ3v) is 5.56. The molecule has 0 unspecified atom stereocenters. The number of hydrogen-bond donors (Lipinski definition) is 0. The average Bonchev–Trinajstić information content (AvgIpc) is 3.19. The van der Waals surface area contributed by atoms with Gasteiger partial charge >= 0.3 is 0 Å². The van der Waals surface area contributed by atoms with Crippen LogP contribution in [-0.2, 0) is 6.42 Å². The van der Waals surface area contributed by atoms with Crippen LogP contribution < -0.4 is 0 Å². The summed E-state index contributed by atoms with van der Waals surface area (Å²) in [7, 11) is 0. The SMILES string of the molecule is Cc1cc(Cc2ccccc2C)cc([C@H]2CCCN2C(=O)c2ccccc2)n1. The Morgan fingerprint density at radius 3 is 2.57 bits per heavy atom. The van der Waals surface area contributed by atoms with Crippen molar-refractivity contribution in [2.45, 2.75) is 39.2 Å². The van der Waals surface area contributed by atoms with E-state index in [4.69, 9.17) is 4.98 Å². The van der Waals surface area contributed by atoms with Crippen molar-refractivity contribution in [3.63, 3.8) is 0 Å². The van der Waals surface area contributed by atoms with Gasteiger partial charge in [0, 0.05) is 17.8 Å². The first-order chi connectivity index (χ1) is 13.6. The second-order valence-electron chi connectivity index (χ2n) is 7.67. The molecule has 0 N–H and O–H groups in total. The van der Waals surface area contributed by atoms with Gasteiger partial charge in [0.25, 0.3) is 5.91 Å². The van der Waals surface area contributed by atoms with Gasteiger partial charge in [0.2, 0.25) is 0 Å². The van der Waals surface area contributed by atoms with Crippen LogP contribution >= 0.6 is 0 Å². The van der Waals surface area contributed by atoms with Gasteiger partial charge < -0.3 is 4.90 Å². The number of carbonyl (C=O) groups excluding carboxylic acids is 1. The van der Waals surface area contributed by atoms with Crippen molar-refractivity contribution in [3.05, 3.63) is 100 Å². The van der Waals surface area contributed by atoms with Crippen molar-refractivity contribution in [1.82, 2.24) is 9.88 Å². The molecule has 0 saturated carbocycles.